The van der Waals surface area contributed by atoms with Gasteiger partial charge < -0.3 is 5.41 Å². The predicted molar refractivity (Wildman–Crippen MR) is 26.3 cm³/mol. The summed E-state index contributed by atoms with van der Waals surface area (Å²) in [4.78, 5) is 0. The molecule has 0 aliphatic rings. The minimum atomic E-state index is 0. The molecule has 0 heterocycles. The van der Waals surface area contributed by atoms with Gasteiger partial charge in [0, 0.05) is 0 Å². The molecule has 5 heavy (non-hydrogen) atoms. The van der Waals surface area contributed by atoms with Crippen LogP contribution in [0.25, 0.3) is 5.41 Å². The van der Waals surface area contributed by atoms with Gasteiger partial charge in [-0.2, -0.15) is 18.7 Å². The van der Waals surface area contributed by atoms with Crippen LogP contribution < -0.4 is 0 Å². The van der Waals surface area contributed by atoms with Gasteiger partial charge in [-0.05, 0) is 0 Å². The van der Waals surface area contributed by atoms with Crippen molar-refractivity contribution in [2.24, 2.45) is 0 Å². The monoisotopic (exact) mass is 155 g/mol. The van der Waals surface area contributed by atoms with Gasteiger partial charge in [0.15, 0.2) is 0 Å². The van der Waals surface area contributed by atoms with Gasteiger partial charge in [-0.3, -0.25) is 0 Å². The number of nitrogens with zero attached hydrogens (tertiary/aromatic N) is 1. The van der Waals surface area contributed by atoms with Gasteiger partial charge in [0.1, 0.15) is 0 Å². The van der Waals surface area contributed by atoms with Crippen LogP contribution in [0.4, 0.5) is 0 Å². The Morgan fingerprint density at radius 3 is 1.60 bits per heavy atom. The number of hydrogen-bond acceptors (Lipinski definition) is 1. The molecular weight excluding hydrogens is 154 g/mol. The molecule has 0 bridgehead atoms. The molecule has 0 fully saturated rings. The second kappa shape index (κ2) is 22.6. The zero-order valence-corrected chi connectivity index (χ0v) is 4.92. The molecule has 0 radical (unpaired) electrons. The molecule has 0 aromatic rings. The number of hydrogen-bond donors (Lipinski definition) is 0. The molecule has 4 heteroatoms. The van der Waals surface area contributed by atoms with Gasteiger partial charge in [-0.25, -0.2) is 0 Å². The minimum absolute atomic E-state index is 0. The molecule has 0 atom stereocenters. The van der Waals surface area contributed by atoms with Crippen molar-refractivity contribution in [2.45, 2.75) is 0 Å². The van der Waals surface area contributed by atoms with Crippen molar-refractivity contribution in [1.82, 2.24) is 0 Å². The average Bonchev–Trinajstić information content (AvgIpc) is 0.918. The predicted octanol–water partition coefficient (Wildman–Crippen LogP) is 0.769. The zero-order chi connectivity index (χ0) is 2.71. The van der Waals surface area contributed by atoms with Gasteiger partial charge >= 0.3 is 17.1 Å². The maximum Gasteiger partial charge on any atom is 1.00 e. The Balaban J connectivity index is -0.0000000200. The average molecular weight is 156 g/mol. The Kier molecular flexibility index (Phi) is 78.3. The molecule has 0 saturated carbocycles. The summed E-state index contributed by atoms with van der Waals surface area (Å²) < 4.78 is 0. The second-order valence-corrected chi connectivity index (χ2v) is 0.274. The maximum atomic E-state index is 7.13. The summed E-state index contributed by atoms with van der Waals surface area (Å²) in [6.45, 7) is 0. The van der Waals surface area contributed by atoms with Crippen LogP contribution in [0.15, 0.2) is 0 Å². The topological polar surface area (TPSA) is 22.3 Å². The van der Waals surface area contributed by atoms with Gasteiger partial charge in [0.2, 0.25) is 0 Å². The Labute approximate surface area is 53.6 Å². The SMILES string of the molecule is S.[Cu+].[N-]=C=S. The molecule has 0 aromatic carbocycles. The largest absolute Gasteiger partial charge is 1.00 e. The summed E-state index contributed by atoms with van der Waals surface area (Å²) in [5.41, 5.74) is 0. The third-order valence-corrected chi connectivity index (χ3v) is 0. The molecule has 0 saturated heterocycles. The van der Waals surface area contributed by atoms with Gasteiger partial charge in [-0.15, -0.1) is 0 Å². The van der Waals surface area contributed by atoms with Crippen molar-refractivity contribution < 1.29 is 17.1 Å². The van der Waals surface area contributed by atoms with Crippen molar-refractivity contribution in [3.8, 4) is 0 Å². The summed E-state index contributed by atoms with van der Waals surface area (Å²) in [7, 11) is 0. The third-order valence-electron chi connectivity index (χ3n) is 0. The van der Waals surface area contributed by atoms with E-state index in [0.717, 1.165) is 0 Å². The first-order valence-electron chi connectivity index (χ1n) is 0.428. The first kappa shape index (κ1) is 17.3. The van der Waals surface area contributed by atoms with E-state index in [1.54, 1.807) is 0 Å². The van der Waals surface area contributed by atoms with Crippen molar-refractivity contribution in [2.75, 3.05) is 0 Å². The van der Waals surface area contributed by atoms with Crippen molar-refractivity contribution >= 4 is 30.9 Å². The number of isothiocyanates is 1. The van der Waals surface area contributed by atoms with Crippen LogP contribution in [0.5, 0.6) is 0 Å². The molecule has 0 N–H and O–H groups in total. The zero-order valence-electron chi connectivity index (χ0n) is 2.16. The third kappa shape index (κ3) is 74.2. The van der Waals surface area contributed by atoms with E-state index in [2.05, 4.69) is 12.2 Å². The van der Waals surface area contributed by atoms with Crippen molar-refractivity contribution in [3.05, 3.63) is 5.41 Å². The Morgan fingerprint density at radius 1 is 1.60 bits per heavy atom. The molecule has 0 aliphatic heterocycles. The van der Waals surface area contributed by atoms with E-state index in [1.165, 1.54) is 5.16 Å². The van der Waals surface area contributed by atoms with Crippen molar-refractivity contribution in [1.29, 1.82) is 0 Å². The van der Waals surface area contributed by atoms with Gasteiger partial charge in [0.25, 0.3) is 0 Å². The molecule has 34 valence electrons. The molecule has 1 nitrogen and oxygen atoms in total. The Morgan fingerprint density at radius 2 is 1.60 bits per heavy atom. The number of thiocarbonyl (C=S) groups is 1. The van der Waals surface area contributed by atoms with Crippen LogP contribution in [0.1, 0.15) is 0 Å². The molecule has 0 rings (SSSR count). The smallest absolute Gasteiger partial charge is 0.753 e. The fraction of sp³-hybridized carbons (Fsp3) is 0. The van der Waals surface area contributed by atoms with E-state index in [9.17, 15) is 0 Å². The molecule has 0 unspecified atom stereocenters. The fourth-order valence-corrected chi connectivity index (χ4v) is 0. The Hall–Kier alpha value is 0.669. The summed E-state index contributed by atoms with van der Waals surface area (Å²) in [5, 5.41) is 8.47. The standard InChI is InChI=1S/CNS.Cu.H2S/c2-1-3;;/h;;1H2/q-1;+1;. The van der Waals surface area contributed by atoms with Gasteiger partial charge in [-0.1, -0.05) is 12.2 Å². The van der Waals surface area contributed by atoms with E-state index >= 15 is 0 Å². The first-order chi connectivity index (χ1) is 1.41. The van der Waals surface area contributed by atoms with Crippen LogP contribution >= 0.6 is 25.7 Å². The maximum absolute atomic E-state index is 7.13. The van der Waals surface area contributed by atoms with E-state index in [1.807, 2.05) is 0 Å². The summed E-state index contributed by atoms with van der Waals surface area (Å²) >= 11 is 3.70. The summed E-state index contributed by atoms with van der Waals surface area (Å²) in [5.74, 6) is 0. The molecular formula is CH2CuNS2. The molecule has 0 aromatic heterocycles. The van der Waals surface area contributed by atoms with Crippen LogP contribution in [-0.2, 0) is 17.1 Å². The summed E-state index contributed by atoms with van der Waals surface area (Å²) in [6.07, 6.45) is 0. The molecule has 0 aliphatic carbocycles. The van der Waals surface area contributed by atoms with E-state index < -0.39 is 0 Å². The number of rotatable bonds is 0. The van der Waals surface area contributed by atoms with Gasteiger partial charge in [0.05, 0.1) is 0 Å². The first-order valence-corrected chi connectivity index (χ1v) is 0.836. The van der Waals surface area contributed by atoms with Crippen LogP contribution in [0.2, 0.25) is 0 Å². The van der Waals surface area contributed by atoms with Crippen LogP contribution in [0, 0.1) is 0 Å². The van der Waals surface area contributed by atoms with E-state index in [-0.39, 0.29) is 30.6 Å². The van der Waals surface area contributed by atoms with Crippen LogP contribution in [0.3, 0.4) is 0 Å². The van der Waals surface area contributed by atoms with E-state index in [4.69, 9.17) is 5.41 Å². The van der Waals surface area contributed by atoms with E-state index in [0.29, 0.717) is 0 Å². The van der Waals surface area contributed by atoms with Crippen LogP contribution in [-0.4, -0.2) is 5.16 Å². The molecule has 0 spiro atoms. The quantitative estimate of drug-likeness (QED) is 0.288. The second-order valence-electron chi connectivity index (χ2n) is 0.0913. The Bertz CT molecular complexity index is 30.6. The minimum Gasteiger partial charge on any atom is -0.753 e. The fourth-order valence-electron chi connectivity index (χ4n) is 0. The summed E-state index contributed by atoms with van der Waals surface area (Å²) in [6, 6.07) is 0. The van der Waals surface area contributed by atoms with Crippen molar-refractivity contribution in [3.63, 3.8) is 0 Å². The molecule has 0 amide bonds. The normalized spacial score (nSPS) is 1.60.